The van der Waals surface area contributed by atoms with Gasteiger partial charge in [0, 0.05) is 26.2 Å². The maximum atomic E-state index is 12.1. The van der Waals surface area contributed by atoms with E-state index in [-0.39, 0.29) is 17.9 Å². The molecule has 2 aliphatic heterocycles. The Kier molecular flexibility index (Phi) is 5.89. The van der Waals surface area contributed by atoms with Gasteiger partial charge >= 0.3 is 6.09 Å². The van der Waals surface area contributed by atoms with Crippen molar-refractivity contribution in [3.63, 3.8) is 0 Å². The molecular weight excluding hydrogens is 294 g/mol. The van der Waals surface area contributed by atoms with Crippen molar-refractivity contribution in [2.45, 2.75) is 52.1 Å². The molecule has 2 amide bonds. The molecule has 132 valence electrons. The van der Waals surface area contributed by atoms with E-state index in [1.165, 1.54) is 0 Å². The molecule has 0 saturated carbocycles. The highest BCUT2D eigenvalue weighted by molar-refractivity contribution is 5.76. The number of primary amides is 1. The number of amides is 2. The number of piperidine rings is 2. The molecule has 6 nitrogen and oxygen atoms in total. The molecule has 0 aromatic carbocycles. The van der Waals surface area contributed by atoms with Gasteiger partial charge in [-0.25, -0.2) is 4.79 Å². The Morgan fingerprint density at radius 2 is 1.78 bits per heavy atom. The number of likely N-dealkylation sites (tertiary alicyclic amines) is 2. The van der Waals surface area contributed by atoms with Gasteiger partial charge in [-0.3, -0.25) is 4.79 Å². The van der Waals surface area contributed by atoms with Gasteiger partial charge in [0.05, 0.1) is 5.92 Å². The molecule has 2 rings (SSSR count). The Balaban J connectivity index is 1.74. The van der Waals surface area contributed by atoms with E-state index in [1.54, 1.807) is 0 Å². The number of carbonyl (C=O) groups is 2. The smallest absolute Gasteiger partial charge is 0.410 e. The monoisotopic (exact) mass is 325 g/mol. The number of nitrogens with zero attached hydrogens (tertiary/aromatic N) is 2. The van der Waals surface area contributed by atoms with Crippen molar-refractivity contribution >= 4 is 12.0 Å². The van der Waals surface area contributed by atoms with Crippen LogP contribution in [0.1, 0.15) is 46.5 Å². The average molecular weight is 325 g/mol. The number of carbonyl (C=O) groups excluding carboxylic acids is 2. The average Bonchev–Trinajstić information content (AvgIpc) is 2.46. The van der Waals surface area contributed by atoms with Gasteiger partial charge in [-0.1, -0.05) is 0 Å². The van der Waals surface area contributed by atoms with Gasteiger partial charge in [0.25, 0.3) is 0 Å². The summed E-state index contributed by atoms with van der Waals surface area (Å²) < 4.78 is 5.43. The molecule has 2 N–H and O–H groups in total. The van der Waals surface area contributed by atoms with Crippen molar-refractivity contribution in [3.05, 3.63) is 0 Å². The number of hydrogen-bond acceptors (Lipinski definition) is 4. The zero-order valence-electron chi connectivity index (χ0n) is 14.7. The molecular formula is C17H31N3O3. The minimum atomic E-state index is -0.439. The Bertz CT molecular complexity index is 425. The molecule has 0 spiro atoms. The van der Waals surface area contributed by atoms with Crippen LogP contribution in [0.15, 0.2) is 0 Å². The molecule has 0 aromatic rings. The molecule has 23 heavy (non-hydrogen) atoms. The standard InChI is InChI=1S/C17H31N3O3/c1-17(2,3)23-16(22)20-9-6-13(7-10-20)11-19-8-4-5-14(12-19)15(18)21/h13-14H,4-12H2,1-3H3,(H2,18,21)/t14-/m1/s1. The Morgan fingerprint density at radius 1 is 1.13 bits per heavy atom. The zero-order valence-corrected chi connectivity index (χ0v) is 14.7. The summed E-state index contributed by atoms with van der Waals surface area (Å²) in [5, 5.41) is 0. The maximum absolute atomic E-state index is 12.1. The van der Waals surface area contributed by atoms with Gasteiger partial charge in [-0.15, -0.1) is 0 Å². The molecule has 2 saturated heterocycles. The van der Waals surface area contributed by atoms with Crippen LogP contribution < -0.4 is 5.73 Å². The minimum Gasteiger partial charge on any atom is -0.444 e. The highest BCUT2D eigenvalue weighted by atomic mass is 16.6. The van der Waals surface area contributed by atoms with Crippen molar-refractivity contribution < 1.29 is 14.3 Å². The quantitative estimate of drug-likeness (QED) is 0.859. The SMILES string of the molecule is CC(C)(C)OC(=O)N1CCC(CN2CCC[C@@H](C(N)=O)C2)CC1. The Morgan fingerprint density at radius 3 is 2.35 bits per heavy atom. The fourth-order valence-electron chi connectivity index (χ4n) is 3.44. The second kappa shape index (κ2) is 7.51. The van der Waals surface area contributed by atoms with Crippen LogP contribution in [-0.4, -0.2) is 60.1 Å². The third-order valence-electron chi connectivity index (χ3n) is 4.69. The third-order valence-corrected chi connectivity index (χ3v) is 4.69. The topological polar surface area (TPSA) is 75.9 Å². The normalized spacial score (nSPS) is 24.5. The molecule has 2 aliphatic rings. The third kappa shape index (κ3) is 5.68. The molecule has 0 bridgehead atoms. The van der Waals surface area contributed by atoms with E-state index in [0.717, 1.165) is 58.4 Å². The van der Waals surface area contributed by atoms with Crippen molar-refractivity contribution in [1.82, 2.24) is 9.80 Å². The summed E-state index contributed by atoms with van der Waals surface area (Å²) in [6.45, 7) is 10.0. The first-order chi connectivity index (χ1) is 10.7. The summed E-state index contributed by atoms with van der Waals surface area (Å²) in [5.41, 5.74) is 5.00. The molecule has 0 aliphatic carbocycles. The van der Waals surface area contributed by atoms with E-state index in [4.69, 9.17) is 10.5 Å². The summed E-state index contributed by atoms with van der Waals surface area (Å²) >= 11 is 0. The fourth-order valence-corrected chi connectivity index (χ4v) is 3.44. The molecule has 0 unspecified atom stereocenters. The Hall–Kier alpha value is -1.30. The van der Waals surface area contributed by atoms with Crippen LogP contribution in [-0.2, 0) is 9.53 Å². The van der Waals surface area contributed by atoms with Crippen LogP contribution in [0.2, 0.25) is 0 Å². The predicted octanol–water partition coefficient (Wildman–Crippen LogP) is 1.83. The van der Waals surface area contributed by atoms with E-state index in [1.807, 2.05) is 25.7 Å². The summed E-state index contributed by atoms with van der Waals surface area (Å²) in [6.07, 6.45) is 3.75. The molecule has 2 fully saturated rings. The minimum absolute atomic E-state index is 0.00519. The second-order valence-electron chi connectivity index (χ2n) is 7.91. The van der Waals surface area contributed by atoms with E-state index in [0.29, 0.717) is 5.92 Å². The highest BCUT2D eigenvalue weighted by Crippen LogP contribution is 2.23. The highest BCUT2D eigenvalue weighted by Gasteiger charge is 2.29. The maximum Gasteiger partial charge on any atom is 0.410 e. The van der Waals surface area contributed by atoms with E-state index in [2.05, 4.69) is 4.90 Å². The van der Waals surface area contributed by atoms with E-state index < -0.39 is 5.60 Å². The zero-order chi connectivity index (χ0) is 17.0. The van der Waals surface area contributed by atoms with E-state index in [9.17, 15) is 9.59 Å². The van der Waals surface area contributed by atoms with E-state index >= 15 is 0 Å². The van der Waals surface area contributed by atoms with Crippen molar-refractivity contribution in [1.29, 1.82) is 0 Å². The predicted molar refractivity (Wildman–Crippen MR) is 88.9 cm³/mol. The second-order valence-corrected chi connectivity index (χ2v) is 7.91. The van der Waals surface area contributed by atoms with Crippen molar-refractivity contribution in [3.8, 4) is 0 Å². The lowest BCUT2D eigenvalue weighted by Gasteiger charge is -2.37. The van der Waals surface area contributed by atoms with Gasteiger partial charge in [0.15, 0.2) is 0 Å². The van der Waals surface area contributed by atoms with Crippen molar-refractivity contribution in [2.75, 3.05) is 32.7 Å². The lowest BCUT2D eigenvalue weighted by atomic mass is 9.93. The van der Waals surface area contributed by atoms with Gasteiger partial charge in [-0.05, 0) is 58.9 Å². The largest absolute Gasteiger partial charge is 0.444 e. The first-order valence-electron chi connectivity index (χ1n) is 8.74. The number of hydrogen-bond donors (Lipinski definition) is 1. The number of ether oxygens (including phenoxy) is 1. The molecule has 0 aromatic heterocycles. The van der Waals surface area contributed by atoms with Crippen LogP contribution in [0.3, 0.4) is 0 Å². The molecule has 1 atom stereocenters. The van der Waals surface area contributed by atoms with Crippen LogP contribution in [0.4, 0.5) is 4.79 Å². The first-order valence-corrected chi connectivity index (χ1v) is 8.74. The van der Waals surface area contributed by atoms with Gasteiger partial charge < -0.3 is 20.3 Å². The van der Waals surface area contributed by atoms with Crippen molar-refractivity contribution in [2.24, 2.45) is 17.6 Å². The molecule has 2 heterocycles. The van der Waals surface area contributed by atoms with Crippen LogP contribution in [0.5, 0.6) is 0 Å². The van der Waals surface area contributed by atoms with Gasteiger partial charge in [0.2, 0.25) is 5.91 Å². The van der Waals surface area contributed by atoms with Gasteiger partial charge in [0.1, 0.15) is 5.60 Å². The summed E-state index contributed by atoms with van der Waals surface area (Å²) in [6, 6.07) is 0. The van der Waals surface area contributed by atoms with Crippen LogP contribution in [0.25, 0.3) is 0 Å². The summed E-state index contributed by atoms with van der Waals surface area (Å²) in [5.74, 6) is 0.417. The lowest BCUT2D eigenvalue weighted by molar-refractivity contribution is -0.123. The lowest BCUT2D eigenvalue weighted by Crippen LogP contribution is -2.46. The summed E-state index contributed by atoms with van der Waals surface area (Å²) in [7, 11) is 0. The molecule has 0 radical (unpaired) electrons. The van der Waals surface area contributed by atoms with Crippen LogP contribution >= 0.6 is 0 Å². The number of rotatable bonds is 3. The first kappa shape index (κ1) is 18.0. The summed E-state index contributed by atoms with van der Waals surface area (Å²) in [4.78, 5) is 27.6. The Labute approximate surface area is 139 Å². The fraction of sp³-hybridized carbons (Fsp3) is 0.882. The number of nitrogens with two attached hydrogens (primary N) is 1. The van der Waals surface area contributed by atoms with Crippen LogP contribution in [0, 0.1) is 11.8 Å². The van der Waals surface area contributed by atoms with Gasteiger partial charge in [-0.2, -0.15) is 0 Å². The molecule has 6 heteroatoms.